The Kier molecular flexibility index (Phi) is 3.39. The van der Waals surface area contributed by atoms with E-state index in [1.165, 1.54) is 23.1 Å². The molecule has 0 bridgehead atoms. The first-order valence-corrected chi connectivity index (χ1v) is 7.10. The molecule has 93 valence electrons. The highest BCUT2D eigenvalue weighted by molar-refractivity contribution is 8.04. The molecule has 0 aliphatic carbocycles. The summed E-state index contributed by atoms with van der Waals surface area (Å²) in [5.41, 5.74) is 4.98. The van der Waals surface area contributed by atoms with Gasteiger partial charge in [-0.2, -0.15) is 16.4 Å². The van der Waals surface area contributed by atoms with Gasteiger partial charge >= 0.3 is 0 Å². The summed E-state index contributed by atoms with van der Waals surface area (Å²) in [7, 11) is 0. The molecule has 2 aromatic heterocycles. The van der Waals surface area contributed by atoms with Crippen molar-refractivity contribution in [3.63, 3.8) is 0 Å². The molecule has 0 unspecified atom stereocenters. The number of thioether (sulfide) groups is 1. The fraction of sp³-hybridized carbons (Fsp3) is 0. The Morgan fingerprint density at radius 3 is 2.79 bits per heavy atom. The molecule has 1 aliphatic rings. The van der Waals surface area contributed by atoms with Crippen molar-refractivity contribution in [2.45, 2.75) is 5.16 Å². The van der Waals surface area contributed by atoms with Gasteiger partial charge in [0.2, 0.25) is 0 Å². The van der Waals surface area contributed by atoms with E-state index in [2.05, 4.69) is 20.5 Å². The van der Waals surface area contributed by atoms with E-state index >= 15 is 0 Å². The number of hydrogen-bond donors (Lipinski definition) is 0. The van der Waals surface area contributed by atoms with Crippen LogP contribution >= 0.6 is 23.1 Å². The molecule has 1 amide bonds. The van der Waals surface area contributed by atoms with Gasteiger partial charge < -0.3 is 0 Å². The van der Waals surface area contributed by atoms with E-state index in [9.17, 15) is 4.79 Å². The van der Waals surface area contributed by atoms with Crippen LogP contribution in [0.15, 0.2) is 50.4 Å². The van der Waals surface area contributed by atoms with Crippen LogP contribution in [-0.4, -0.2) is 22.1 Å². The zero-order chi connectivity index (χ0) is 13.1. The topological polar surface area (TPSA) is 69.3 Å². The summed E-state index contributed by atoms with van der Waals surface area (Å²) in [6.07, 6.45) is 4.88. The number of amides is 1. The van der Waals surface area contributed by atoms with Gasteiger partial charge in [0.05, 0.1) is 11.8 Å². The standard InChI is InChI=1S/C12H7N4OS2/c17-11-10(8-2-5-18-7-8)9(6-15-16-11)19-12-13-3-1-4-14-12/h1-7H. The average molecular weight is 287 g/mol. The lowest BCUT2D eigenvalue weighted by Crippen LogP contribution is -2.17. The van der Waals surface area contributed by atoms with Gasteiger partial charge in [0.15, 0.2) is 5.16 Å². The van der Waals surface area contributed by atoms with Crippen LogP contribution in [0.3, 0.4) is 0 Å². The first-order valence-electron chi connectivity index (χ1n) is 5.35. The zero-order valence-electron chi connectivity index (χ0n) is 9.56. The molecule has 3 rings (SSSR count). The van der Waals surface area contributed by atoms with Crippen molar-refractivity contribution in [2.24, 2.45) is 5.10 Å². The SMILES string of the molecule is O=C1[N]N=CC(Sc2ncccn2)=C1c1ccsc1. The molecule has 0 N–H and O–H groups in total. The Labute approximate surface area is 117 Å². The second-order valence-electron chi connectivity index (χ2n) is 3.53. The third-order valence-corrected chi connectivity index (χ3v) is 3.94. The second-order valence-corrected chi connectivity index (χ2v) is 5.32. The van der Waals surface area contributed by atoms with E-state index in [0.717, 1.165) is 5.56 Å². The molecule has 0 saturated carbocycles. The molecule has 0 saturated heterocycles. The number of nitrogens with zero attached hydrogens (tertiary/aromatic N) is 4. The van der Waals surface area contributed by atoms with E-state index in [1.54, 1.807) is 24.7 Å². The smallest absolute Gasteiger partial charge is 0.265 e. The lowest BCUT2D eigenvalue weighted by Gasteiger charge is -2.11. The molecule has 1 radical (unpaired) electrons. The van der Waals surface area contributed by atoms with Crippen molar-refractivity contribution >= 4 is 40.8 Å². The van der Waals surface area contributed by atoms with Gasteiger partial charge in [-0.05, 0) is 40.2 Å². The number of carbonyl (C=O) groups excluding carboxylic acids is 1. The zero-order valence-corrected chi connectivity index (χ0v) is 11.2. The third kappa shape index (κ3) is 2.56. The third-order valence-electron chi connectivity index (χ3n) is 2.34. The average Bonchev–Trinajstić information content (AvgIpc) is 2.94. The van der Waals surface area contributed by atoms with Gasteiger partial charge in [-0.15, -0.1) is 5.43 Å². The van der Waals surface area contributed by atoms with Gasteiger partial charge in [-0.25, -0.2) is 9.97 Å². The highest BCUT2D eigenvalue weighted by Crippen LogP contribution is 2.32. The summed E-state index contributed by atoms with van der Waals surface area (Å²) in [6.45, 7) is 0. The summed E-state index contributed by atoms with van der Waals surface area (Å²) >= 11 is 2.84. The second kappa shape index (κ2) is 5.33. The van der Waals surface area contributed by atoms with Gasteiger partial charge in [0, 0.05) is 17.3 Å². The van der Waals surface area contributed by atoms with Gasteiger partial charge in [0.25, 0.3) is 5.91 Å². The highest BCUT2D eigenvalue weighted by atomic mass is 32.2. The van der Waals surface area contributed by atoms with Crippen LogP contribution in [0.1, 0.15) is 5.56 Å². The molecule has 0 atom stereocenters. The predicted octanol–water partition coefficient (Wildman–Crippen LogP) is 2.17. The molecular weight excluding hydrogens is 280 g/mol. The van der Waals surface area contributed by atoms with Crippen molar-refractivity contribution in [1.82, 2.24) is 15.4 Å². The summed E-state index contributed by atoms with van der Waals surface area (Å²) < 4.78 is 0. The Bertz CT molecular complexity index is 650. The van der Waals surface area contributed by atoms with Crippen molar-refractivity contribution < 1.29 is 4.79 Å². The Morgan fingerprint density at radius 1 is 1.21 bits per heavy atom. The molecular formula is C12H7N4OS2. The van der Waals surface area contributed by atoms with Crippen molar-refractivity contribution in [3.8, 4) is 0 Å². The molecule has 0 aromatic carbocycles. The van der Waals surface area contributed by atoms with Crippen LogP contribution in [0.4, 0.5) is 0 Å². The fourth-order valence-electron chi connectivity index (χ4n) is 1.54. The maximum Gasteiger partial charge on any atom is 0.297 e. The first kappa shape index (κ1) is 12.1. The van der Waals surface area contributed by atoms with Crippen molar-refractivity contribution in [2.75, 3.05) is 0 Å². The largest absolute Gasteiger partial charge is 0.297 e. The fourth-order valence-corrected chi connectivity index (χ4v) is 3.02. The summed E-state index contributed by atoms with van der Waals surface area (Å²) in [6, 6.07) is 3.63. The van der Waals surface area contributed by atoms with E-state index in [-0.39, 0.29) is 5.91 Å². The van der Waals surface area contributed by atoms with Gasteiger partial charge in [-0.3, -0.25) is 4.79 Å². The lowest BCUT2D eigenvalue weighted by molar-refractivity contribution is -0.115. The minimum absolute atomic E-state index is 0.334. The number of aromatic nitrogens is 2. The first-order chi connectivity index (χ1) is 9.34. The van der Waals surface area contributed by atoms with Gasteiger partial charge in [-0.1, -0.05) is 0 Å². The lowest BCUT2D eigenvalue weighted by atomic mass is 10.1. The van der Waals surface area contributed by atoms with Crippen molar-refractivity contribution in [1.29, 1.82) is 0 Å². The molecule has 1 aliphatic heterocycles. The van der Waals surface area contributed by atoms with Gasteiger partial charge in [0.1, 0.15) is 0 Å². The van der Waals surface area contributed by atoms with E-state index in [4.69, 9.17) is 0 Å². The maximum absolute atomic E-state index is 11.9. The van der Waals surface area contributed by atoms with Crippen LogP contribution in [-0.2, 0) is 4.79 Å². The van der Waals surface area contributed by atoms with E-state index < -0.39 is 0 Å². The summed E-state index contributed by atoms with van der Waals surface area (Å²) in [5, 5.41) is 8.12. The highest BCUT2D eigenvalue weighted by Gasteiger charge is 2.22. The molecule has 5 nitrogen and oxygen atoms in total. The Hall–Kier alpha value is -1.99. The number of carbonyl (C=O) groups is 1. The molecule has 0 fully saturated rings. The van der Waals surface area contributed by atoms with Crippen LogP contribution in [0.5, 0.6) is 0 Å². The molecule has 0 spiro atoms. The Morgan fingerprint density at radius 2 is 2.05 bits per heavy atom. The molecule has 2 aromatic rings. The van der Waals surface area contributed by atoms with E-state index in [1.807, 2.05) is 16.8 Å². The number of hydrogen-bond acceptors (Lipinski definition) is 6. The molecule has 19 heavy (non-hydrogen) atoms. The number of thiophene rings is 1. The normalized spacial score (nSPS) is 14.6. The van der Waals surface area contributed by atoms with Crippen LogP contribution in [0.25, 0.3) is 5.57 Å². The number of rotatable bonds is 3. The predicted molar refractivity (Wildman–Crippen MR) is 74.8 cm³/mol. The molecule has 3 heterocycles. The van der Waals surface area contributed by atoms with Crippen LogP contribution < -0.4 is 5.43 Å². The monoisotopic (exact) mass is 287 g/mol. The Balaban J connectivity index is 2.02. The maximum atomic E-state index is 11.9. The van der Waals surface area contributed by atoms with E-state index in [0.29, 0.717) is 15.6 Å². The van der Waals surface area contributed by atoms with Crippen LogP contribution in [0.2, 0.25) is 0 Å². The quantitative estimate of drug-likeness (QED) is 0.811. The number of allylic oxidation sites excluding steroid dienone is 1. The summed E-state index contributed by atoms with van der Waals surface area (Å²) in [4.78, 5) is 20.9. The minimum atomic E-state index is -0.334. The minimum Gasteiger partial charge on any atom is -0.265 e. The summed E-state index contributed by atoms with van der Waals surface area (Å²) in [5.74, 6) is -0.334. The van der Waals surface area contributed by atoms with Crippen molar-refractivity contribution in [3.05, 3.63) is 45.8 Å². The molecule has 7 heteroatoms. The van der Waals surface area contributed by atoms with Crippen LogP contribution in [0, 0.1) is 0 Å².